The zero-order valence-electron chi connectivity index (χ0n) is 12.0. The standard InChI is InChI=1S/C14H17N3O4/c1-11-10-12(4-5-13(11)17(19)20)21-9-6-14(18)16(2)8-3-7-15/h4-5,10H,3,6,8-9H2,1-2H3. The molecule has 0 aromatic heterocycles. The largest absolute Gasteiger partial charge is 0.493 e. The number of carbonyl (C=O) groups is 1. The molecule has 7 heteroatoms. The molecular formula is C14H17N3O4. The van der Waals surface area contributed by atoms with Gasteiger partial charge in [-0.1, -0.05) is 0 Å². The zero-order valence-corrected chi connectivity index (χ0v) is 12.0. The molecule has 1 rings (SSSR count). The fourth-order valence-corrected chi connectivity index (χ4v) is 1.71. The van der Waals surface area contributed by atoms with Crippen molar-refractivity contribution in [2.75, 3.05) is 20.2 Å². The molecule has 0 N–H and O–H groups in total. The highest BCUT2D eigenvalue weighted by atomic mass is 16.6. The number of amides is 1. The van der Waals surface area contributed by atoms with E-state index in [1.807, 2.05) is 6.07 Å². The van der Waals surface area contributed by atoms with Crippen molar-refractivity contribution < 1.29 is 14.5 Å². The third-order valence-corrected chi connectivity index (χ3v) is 2.93. The first-order chi connectivity index (χ1) is 9.95. The third kappa shape index (κ3) is 5.10. The second-order valence-electron chi connectivity index (χ2n) is 4.53. The maximum absolute atomic E-state index is 11.7. The van der Waals surface area contributed by atoms with Gasteiger partial charge < -0.3 is 9.64 Å². The molecule has 0 aliphatic carbocycles. The number of hydrogen-bond donors (Lipinski definition) is 0. The number of nitrogens with zero attached hydrogens (tertiary/aromatic N) is 3. The van der Waals surface area contributed by atoms with Crippen LogP contribution in [0, 0.1) is 28.4 Å². The second kappa shape index (κ2) is 7.85. The zero-order chi connectivity index (χ0) is 15.8. The smallest absolute Gasteiger partial charge is 0.272 e. The maximum atomic E-state index is 11.7. The van der Waals surface area contributed by atoms with E-state index in [1.54, 1.807) is 20.0 Å². The van der Waals surface area contributed by atoms with E-state index in [-0.39, 0.29) is 24.6 Å². The van der Waals surface area contributed by atoms with Crippen LogP contribution in [0.4, 0.5) is 5.69 Å². The number of nitriles is 1. The lowest BCUT2D eigenvalue weighted by molar-refractivity contribution is -0.385. The predicted molar refractivity (Wildman–Crippen MR) is 75.8 cm³/mol. The molecule has 21 heavy (non-hydrogen) atoms. The summed E-state index contributed by atoms with van der Waals surface area (Å²) in [6, 6.07) is 6.44. The summed E-state index contributed by atoms with van der Waals surface area (Å²) in [5.41, 5.74) is 0.546. The van der Waals surface area contributed by atoms with Crippen LogP contribution in [0.2, 0.25) is 0 Å². The average molecular weight is 291 g/mol. The monoisotopic (exact) mass is 291 g/mol. The summed E-state index contributed by atoms with van der Waals surface area (Å²) >= 11 is 0. The molecule has 0 saturated carbocycles. The van der Waals surface area contributed by atoms with Crippen LogP contribution in [0.5, 0.6) is 5.75 Å². The third-order valence-electron chi connectivity index (χ3n) is 2.93. The van der Waals surface area contributed by atoms with Crippen LogP contribution in [0.1, 0.15) is 18.4 Å². The molecule has 0 aliphatic rings. The van der Waals surface area contributed by atoms with Crippen LogP contribution in [-0.4, -0.2) is 35.9 Å². The van der Waals surface area contributed by atoms with Gasteiger partial charge in [0, 0.05) is 25.2 Å². The van der Waals surface area contributed by atoms with Crippen molar-refractivity contribution in [1.82, 2.24) is 4.90 Å². The van der Waals surface area contributed by atoms with Gasteiger partial charge in [-0.05, 0) is 19.1 Å². The number of rotatable bonds is 7. The summed E-state index contributed by atoms with van der Waals surface area (Å²) in [6.07, 6.45) is 0.489. The van der Waals surface area contributed by atoms with E-state index in [9.17, 15) is 14.9 Å². The van der Waals surface area contributed by atoms with E-state index >= 15 is 0 Å². The van der Waals surface area contributed by atoms with E-state index in [1.165, 1.54) is 17.0 Å². The summed E-state index contributed by atoms with van der Waals surface area (Å²) in [5.74, 6) is 0.384. The van der Waals surface area contributed by atoms with Crippen LogP contribution in [0.3, 0.4) is 0 Å². The first kappa shape index (κ1) is 16.4. The first-order valence-electron chi connectivity index (χ1n) is 6.44. The fourth-order valence-electron chi connectivity index (χ4n) is 1.71. The average Bonchev–Trinajstić information content (AvgIpc) is 2.44. The minimum Gasteiger partial charge on any atom is -0.493 e. The lowest BCUT2D eigenvalue weighted by Crippen LogP contribution is -2.28. The Morgan fingerprint density at radius 1 is 1.52 bits per heavy atom. The lowest BCUT2D eigenvalue weighted by atomic mass is 10.2. The van der Waals surface area contributed by atoms with E-state index in [0.29, 0.717) is 24.3 Å². The van der Waals surface area contributed by atoms with Crippen molar-refractivity contribution >= 4 is 11.6 Å². The van der Waals surface area contributed by atoms with Crippen LogP contribution in [-0.2, 0) is 4.79 Å². The number of aryl methyl sites for hydroxylation is 1. The second-order valence-corrected chi connectivity index (χ2v) is 4.53. The van der Waals surface area contributed by atoms with Gasteiger partial charge in [0.1, 0.15) is 5.75 Å². The Morgan fingerprint density at radius 2 is 2.24 bits per heavy atom. The SMILES string of the molecule is Cc1cc(OCCC(=O)N(C)CCC#N)ccc1[N+](=O)[O-]. The minimum absolute atomic E-state index is 0.0367. The molecule has 0 heterocycles. The van der Waals surface area contributed by atoms with Crippen LogP contribution >= 0.6 is 0 Å². The van der Waals surface area contributed by atoms with Gasteiger partial charge in [0.2, 0.25) is 5.91 Å². The molecule has 0 aliphatic heterocycles. The molecule has 0 spiro atoms. The topological polar surface area (TPSA) is 96.5 Å². The quantitative estimate of drug-likeness (QED) is 0.565. The van der Waals surface area contributed by atoms with Gasteiger partial charge in [0.15, 0.2) is 0 Å². The minimum atomic E-state index is -0.452. The first-order valence-corrected chi connectivity index (χ1v) is 6.44. The van der Waals surface area contributed by atoms with E-state index in [0.717, 1.165) is 0 Å². The molecule has 1 aromatic rings. The molecule has 0 atom stereocenters. The van der Waals surface area contributed by atoms with Gasteiger partial charge in [0.25, 0.3) is 5.69 Å². The van der Waals surface area contributed by atoms with Gasteiger partial charge >= 0.3 is 0 Å². The Bertz CT molecular complexity index is 566. The molecule has 0 saturated heterocycles. The summed E-state index contributed by atoms with van der Waals surface area (Å²) < 4.78 is 5.41. The van der Waals surface area contributed by atoms with Crippen LogP contribution in [0.25, 0.3) is 0 Å². The Morgan fingerprint density at radius 3 is 2.81 bits per heavy atom. The van der Waals surface area contributed by atoms with Gasteiger partial charge in [-0.3, -0.25) is 14.9 Å². The number of carbonyl (C=O) groups excluding carboxylic acids is 1. The highest BCUT2D eigenvalue weighted by molar-refractivity contribution is 5.76. The van der Waals surface area contributed by atoms with E-state index in [2.05, 4.69) is 0 Å². The lowest BCUT2D eigenvalue weighted by Gasteiger charge is -2.15. The normalized spacial score (nSPS) is 9.76. The summed E-state index contributed by atoms with van der Waals surface area (Å²) in [5, 5.41) is 19.1. The van der Waals surface area contributed by atoms with Crippen molar-refractivity contribution in [2.24, 2.45) is 0 Å². The van der Waals surface area contributed by atoms with Crippen molar-refractivity contribution in [2.45, 2.75) is 19.8 Å². The molecule has 1 aromatic carbocycles. The number of nitro benzene ring substituents is 1. The molecule has 0 bridgehead atoms. The molecular weight excluding hydrogens is 274 g/mol. The number of hydrogen-bond acceptors (Lipinski definition) is 5. The van der Waals surface area contributed by atoms with Crippen molar-refractivity contribution in [3.8, 4) is 11.8 Å². The summed E-state index contributed by atoms with van der Waals surface area (Å²) in [4.78, 5) is 23.4. The Kier molecular flexibility index (Phi) is 6.14. The molecule has 112 valence electrons. The van der Waals surface area contributed by atoms with Gasteiger partial charge in [-0.25, -0.2) is 0 Å². The van der Waals surface area contributed by atoms with Crippen LogP contribution < -0.4 is 4.74 Å². The van der Waals surface area contributed by atoms with E-state index < -0.39 is 4.92 Å². The highest BCUT2D eigenvalue weighted by Crippen LogP contribution is 2.23. The maximum Gasteiger partial charge on any atom is 0.272 e. The van der Waals surface area contributed by atoms with Gasteiger partial charge in [0.05, 0.1) is 30.4 Å². The Labute approximate surface area is 122 Å². The van der Waals surface area contributed by atoms with Crippen molar-refractivity contribution in [1.29, 1.82) is 5.26 Å². The Balaban J connectivity index is 2.46. The molecule has 7 nitrogen and oxygen atoms in total. The van der Waals surface area contributed by atoms with Crippen LogP contribution in [0.15, 0.2) is 18.2 Å². The molecule has 0 radical (unpaired) electrons. The molecule has 0 unspecified atom stereocenters. The molecule has 1 amide bonds. The predicted octanol–water partition coefficient (Wildman–Crippen LogP) is 2.04. The van der Waals surface area contributed by atoms with Gasteiger partial charge in [-0.15, -0.1) is 0 Å². The summed E-state index contributed by atoms with van der Waals surface area (Å²) in [7, 11) is 1.63. The number of ether oxygens (including phenoxy) is 1. The fraction of sp³-hybridized carbons (Fsp3) is 0.429. The summed E-state index contributed by atoms with van der Waals surface area (Å²) in [6.45, 7) is 2.21. The number of benzene rings is 1. The van der Waals surface area contributed by atoms with Crippen molar-refractivity contribution in [3.63, 3.8) is 0 Å². The Hall–Kier alpha value is -2.62. The molecule has 0 fully saturated rings. The van der Waals surface area contributed by atoms with E-state index in [4.69, 9.17) is 10.00 Å². The highest BCUT2D eigenvalue weighted by Gasteiger charge is 2.12. The number of nitro groups is 1. The van der Waals surface area contributed by atoms with Crippen molar-refractivity contribution in [3.05, 3.63) is 33.9 Å². The van der Waals surface area contributed by atoms with Gasteiger partial charge in [-0.2, -0.15) is 5.26 Å².